The highest BCUT2D eigenvalue weighted by atomic mass is 35.5. The Labute approximate surface area is 164 Å². The van der Waals surface area contributed by atoms with E-state index in [1.807, 2.05) is 67.6 Å². The molecule has 0 aliphatic carbocycles. The van der Waals surface area contributed by atoms with Crippen LogP contribution in [0.1, 0.15) is 42.0 Å². The van der Waals surface area contributed by atoms with E-state index in [1.54, 1.807) is 18.2 Å². The first-order valence-electron chi connectivity index (χ1n) is 8.92. The van der Waals surface area contributed by atoms with Crippen LogP contribution in [0.15, 0.2) is 78.9 Å². The van der Waals surface area contributed by atoms with Crippen molar-refractivity contribution in [3.8, 4) is 5.75 Å². The van der Waals surface area contributed by atoms with E-state index in [0.29, 0.717) is 10.6 Å². The highest BCUT2D eigenvalue weighted by molar-refractivity contribution is 6.30. The van der Waals surface area contributed by atoms with Crippen molar-refractivity contribution in [1.82, 2.24) is 5.32 Å². The molecule has 0 saturated heterocycles. The van der Waals surface area contributed by atoms with E-state index in [-0.39, 0.29) is 30.0 Å². The number of hydrogen-bond acceptors (Lipinski definition) is 2. The summed E-state index contributed by atoms with van der Waals surface area (Å²) in [5.41, 5.74) is 2.65. The number of rotatable bonds is 6. The maximum Gasteiger partial charge on any atom is 0.221 e. The molecule has 0 aliphatic heterocycles. The van der Waals surface area contributed by atoms with E-state index in [0.717, 1.165) is 11.1 Å². The Morgan fingerprint density at radius 3 is 2.19 bits per heavy atom. The van der Waals surface area contributed by atoms with Gasteiger partial charge in [0.25, 0.3) is 0 Å². The van der Waals surface area contributed by atoms with E-state index in [4.69, 9.17) is 11.6 Å². The minimum atomic E-state index is -0.284. The average molecular weight is 380 g/mol. The quantitative estimate of drug-likeness (QED) is 0.598. The third kappa shape index (κ3) is 4.89. The molecule has 0 spiro atoms. The highest BCUT2D eigenvalue weighted by Gasteiger charge is 2.22. The maximum atomic E-state index is 12.8. The molecule has 0 aliphatic rings. The van der Waals surface area contributed by atoms with Gasteiger partial charge in [0.1, 0.15) is 5.75 Å². The Kier molecular flexibility index (Phi) is 6.15. The molecule has 3 rings (SSSR count). The topological polar surface area (TPSA) is 49.3 Å². The number of phenols is 1. The van der Waals surface area contributed by atoms with Crippen LogP contribution in [0.3, 0.4) is 0 Å². The summed E-state index contributed by atoms with van der Waals surface area (Å²) in [5, 5.41) is 13.9. The zero-order valence-corrected chi connectivity index (χ0v) is 15.9. The van der Waals surface area contributed by atoms with Crippen molar-refractivity contribution in [2.75, 3.05) is 0 Å². The minimum absolute atomic E-state index is 0.0837. The Morgan fingerprint density at radius 1 is 0.963 bits per heavy atom. The van der Waals surface area contributed by atoms with Gasteiger partial charge < -0.3 is 10.4 Å². The summed E-state index contributed by atoms with van der Waals surface area (Å²) >= 11 is 6.14. The first-order chi connectivity index (χ1) is 13.0. The molecule has 0 bridgehead atoms. The second kappa shape index (κ2) is 8.74. The number of benzene rings is 3. The fourth-order valence-electron chi connectivity index (χ4n) is 3.21. The normalized spacial score (nSPS) is 13.0. The molecule has 0 heterocycles. The minimum Gasteiger partial charge on any atom is -0.508 e. The number of carbonyl (C=O) groups excluding carboxylic acids is 1. The molecule has 3 nitrogen and oxygen atoms in total. The third-order valence-corrected chi connectivity index (χ3v) is 4.87. The molecule has 0 unspecified atom stereocenters. The van der Waals surface area contributed by atoms with Gasteiger partial charge in [0.05, 0.1) is 6.04 Å². The standard InChI is InChI=1S/C23H22ClNO2/c1-16(17-8-4-2-5-9-17)25-23(27)15-20(18-10-6-3-7-11-18)21-14-19(24)12-13-22(21)26/h2-14,16,20,26H,15H2,1H3,(H,25,27)/t16-,20+/m1/s1. The summed E-state index contributed by atoms with van der Waals surface area (Å²) in [4.78, 5) is 12.8. The fraction of sp³-hybridized carbons (Fsp3) is 0.174. The molecule has 27 heavy (non-hydrogen) atoms. The zero-order chi connectivity index (χ0) is 19.2. The zero-order valence-electron chi connectivity index (χ0n) is 15.1. The molecule has 2 atom stereocenters. The van der Waals surface area contributed by atoms with Crippen LogP contribution in [-0.2, 0) is 4.79 Å². The number of carbonyl (C=O) groups is 1. The lowest BCUT2D eigenvalue weighted by molar-refractivity contribution is -0.121. The summed E-state index contributed by atoms with van der Waals surface area (Å²) in [6.45, 7) is 1.96. The van der Waals surface area contributed by atoms with Crippen LogP contribution in [0, 0.1) is 0 Å². The van der Waals surface area contributed by atoms with Crippen molar-refractivity contribution in [2.24, 2.45) is 0 Å². The number of halogens is 1. The SMILES string of the molecule is C[C@@H](NC(=O)C[C@@H](c1ccccc1)c1cc(Cl)ccc1O)c1ccccc1. The number of amides is 1. The first-order valence-corrected chi connectivity index (χ1v) is 9.30. The highest BCUT2D eigenvalue weighted by Crippen LogP contribution is 2.35. The summed E-state index contributed by atoms with van der Waals surface area (Å²) in [5.74, 6) is -0.232. The monoisotopic (exact) mass is 379 g/mol. The van der Waals surface area contributed by atoms with Gasteiger partial charge in [-0.2, -0.15) is 0 Å². The lowest BCUT2D eigenvalue weighted by atomic mass is 9.87. The van der Waals surface area contributed by atoms with E-state index in [2.05, 4.69) is 5.32 Å². The molecule has 3 aromatic rings. The van der Waals surface area contributed by atoms with E-state index < -0.39 is 0 Å². The Balaban J connectivity index is 1.83. The lowest BCUT2D eigenvalue weighted by Crippen LogP contribution is -2.28. The van der Waals surface area contributed by atoms with Gasteiger partial charge >= 0.3 is 0 Å². The predicted octanol–water partition coefficient (Wildman–Crippen LogP) is 5.45. The van der Waals surface area contributed by atoms with Crippen molar-refractivity contribution in [1.29, 1.82) is 0 Å². The van der Waals surface area contributed by atoms with Crippen LogP contribution < -0.4 is 5.32 Å². The summed E-state index contributed by atoms with van der Waals surface area (Å²) in [6, 6.07) is 24.4. The largest absolute Gasteiger partial charge is 0.508 e. The third-order valence-electron chi connectivity index (χ3n) is 4.63. The van der Waals surface area contributed by atoms with Crippen LogP contribution in [0.4, 0.5) is 0 Å². The van der Waals surface area contributed by atoms with Crippen molar-refractivity contribution >= 4 is 17.5 Å². The van der Waals surface area contributed by atoms with Crippen molar-refractivity contribution in [3.05, 3.63) is 101 Å². The molecule has 138 valence electrons. The number of hydrogen-bond donors (Lipinski definition) is 2. The van der Waals surface area contributed by atoms with Crippen molar-refractivity contribution in [3.63, 3.8) is 0 Å². The lowest BCUT2D eigenvalue weighted by Gasteiger charge is -2.21. The summed E-state index contributed by atoms with van der Waals surface area (Å²) in [6.07, 6.45) is 0.217. The van der Waals surface area contributed by atoms with Crippen LogP contribution in [0.2, 0.25) is 5.02 Å². The maximum absolute atomic E-state index is 12.8. The smallest absolute Gasteiger partial charge is 0.221 e. The molecule has 1 amide bonds. The molecule has 2 N–H and O–H groups in total. The van der Waals surface area contributed by atoms with E-state index in [1.165, 1.54) is 0 Å². The Hall–Kier alpha value is -2.78. The van der Waals surface area contributed by atoms with Crippen LogP contribution in [-0.4, -0.2) is 11.0 Å². The molecule has 0 aromatic heterocycles. The van der Waals surface area contributed by atoms with Crippen LogP contribution >= 0.6 is 11.6 Å². The van der Waals surface area contributed by atoms with Crippen LogP contribution in [0.5, 0.6) is 5.75 Å². The molecule has 0 saturated carbocycles. The molecule has 0 radical (unpaired) electrons. The van der Waals surface area contributed by atoms with Crippen molar-refractivity contribution in [2.45, 2.75) is 25.3 Å². The summed E-state index contributed by atoms with van der Waals surface area (Å²) < 4.78 is 0. The van der Waals surface area contributed by atoms with E-state index >= 15 is 0 Å². The molecule has 0 fully saturated rings. The van der Waals surface area contributed by atoms with Gasteiger partial charge in [0.2, 0.25) is 5.91 Å². The Morgan fingerprint density at radius 2 is 1.56 bits per heavy atom. The average Bonchev–Trinajstić information content (AvgIpc) is 2.69. The summed E-state index contributed by atoms with van der Waals surface area (Å²) in [7, 11) is 0. The molecule has 4 heteroatoms. The van der Waals surface area contributed by atoms with Crippen LogP contribution in [0.25, 0.3) is 0 Å². The van der Waals surface area contributed by atoms with Gasteiger partial charge in [-0.15, -0.1) is 0 Å². The van der Waals surface area contributed by atoms with Gasteiger partial charge in [-0.3, -0.25) is 4.79 Å². The molecular formula is C23H22ClNO2. The second-order valence-corrected chi connectivity index (χ2v) is 7.01. The van der Waals surface area contributed by atoms with Gasteiger partial charge in [-0.1, -0.05) is 72.3 Å². The van der Waals surface area contributed by atoms with Gasteiger partial charge in [-0.05, 0) is 36.2 Å². The van der Waals surface area contributed by atoms with Gasteiger partial charge in [-0.25, -0.2) is 0 Å². The predicted molar refractivity (Wildman–Crippen MR) is 109 cm³/mol. The second-order valence-electron chi connectivity index (χ2n) is 6.57. The molecular weight excluding hydrogens is 358 g/mol. The number of nitrogens with one attached hydrogen (secondary N) is 1. The Bertz CT molecular complexity index is 897. The van der Waals surface area contributed by atoms with Gasteiger partial charge in [0, 0.05) is 22.9 Å². The fourth-order valence-corrected chi connectivity index (χ4v) is 3.39. The van der Waals surface area contributed by atoms with E-state index in [9.17, 15) is 9.90 Å². The van der Waals surface area contributed by atoms with Gasteiger partial charge in [0.15, 0.2) is 0 Å². The first kappa shape index (κ1) is 19.0. The number of aromatic hydroxyl groups is 1. The van der Waals surface area contributed by atoms with Crippen molar-refractivity contribution < 1.29 is 9.90 Å². The number of phenolic OH excluding ortho intramolecular Hbond substituents is 1. The molecule has 3 aromatic carbocycles.